The third-order valence-corrected chi connectivity index (χ3v) is 9.02. The number of carbonyl (C=O) groups excluding carboxylic acids is 2. The van der Waals surface area contributed by atoms with Crippen LogP contribution in [0.1, 0.15) is 51.7 Å². The number of ether oxygens (including phenoxy) is 1. The smallest absolute Gasteiger partial charge is 0.308 e. The second-order valence-corrected chi connectivity index (χ2v) is 13.4. The molecule has 0 radical (unpaired) electrons. The summed E-state index contributed by atoms with van der Waals surface area (Å²) in [4.78, 5) is 31.7. The van der Waals surface area contributed by atoms with E-state index in [-0.39, 0.29) is 24.0 Å². The lowest BCUT2D eigenvalue weighted by atomic mass is 9.81. The Hall–Kier alpha value is -2.68. The number of carbonyl (C=O) groups is 2. The first-order valence-electron chi connectivity index (χ1n) is 14.2. The number of aromatic nitrogens is 1. The number of anilines is 2. The predicted octanol–water partition coefficient (Wildman–Crippen LogP) is 6.17. The molecule has 0 unspecified atom stereocenters. The highest BCUT2D eigenvalue weighted by Gasteiger charge is 2.31. The second kappa shape index (κ2) is 12.0. The van der Waals surface area contributed by atoms with E-state index in [0.29, 0.717) is 23.8 Å². The van der Waals surface area contributed by atoms with E-state index in [0.717, 1.165) is 68.2 Å². The van der Waals surface area contributed by atoms with E-state index in [4.69, 9.17) is 20.7 Å². The van der Waals surface area contributed by atoms with E-state index in [1.165, 1.54) is 10.1 Å². The topological polar surface area (TPSA) is 66.0 Å². The van der Waals surface area contributed by atoms with Crippen LogP contribution in [-0.2, 0) is 27.2 Å². The van der Waals surface area contributed by atoms with Crippen LogP contribution in [0.25, 0.3) is 10.1 Å². The lowest BCUT2D eigenvalue weighted by molar-refractivity contribution is -0.146. The Morgan fingerprint density at radius 3 is 2.65 bits per heavy atom. The summed E-state index contributed by atoms with van der Waals surface area (Å²) in [5.41, 5.74) is 2.60. The highest BCUT2D eigenvalue weighted by atomic mass is 35.5. The van der Waals surface area contributed by atoms with E-state index in [2.05, 4.69) is 67.8 Å². The standard InChI is InChI=1S/C31H39ClN4O3S/c1-21(2)18-31(3,4)19-29(38)39-20-36-26-17-25(32)22(15-23(26)16-28(36)37)9-10-34-11-13-35(14-12-34)30-24-7-5-6-8-27(24)40-33-30/h5-8,15,17,21H,9-14,16,18-20H2,1-4H3. The lowest BCUT2D eigenvalue weighted by Crippen LogP contribution is -2.47. The summed E-state index contributed by atoms with van der Waals surface area (Å²) in [6.45, 7) is 13.1. The fourth-order valence-electron chi connectivity index (χ4n) is 6.10. The lowest BCUT2D eigenvalue weighted by Gasteiger charge is -2.35. The summed E-state index contributed by atoms with van der Waals surface area (Å²) >= 11 is 8.27. The molecule has 1 amide bonds. The minimum Gasteiger partial charge on any atom is -0.444 e. The van der Waals surface area contributed by atoms with E-state index in [1.54, 1.807) is 16.4 Å². The van der Waals surface area contributed by atoms with Gasteiger partial charge in [0.1, 0.15) is 5.82 Å². The van der Waals surface area contributed by atoms with Crippen molar-refractivity contribution >= 4 is 56.6 Å². The van der Waals surface area contributed by atoms with Gasteiger partial charge in [0.25, 0.3) is 0 Å². The fourth-order valence-corrected chi connectivity index (χ4v) is 7.14. The summed E-state index contributed by atoms with van der Waals surface area (Å²) in [5.74, 6) is 1.25. The zero-order valence-corrected chi connectivity index (χ0v) is 25.5. The maximum absolute atomic E-state index is 12.8. The van der Waals surface area contributed by atoms with Gasteiger partial charge in [-0.3, -0.25) is 19.4 Å². The highest BCUT2D eigenvalue weighted by Crippen LogP contribution is 2.35. The number of hydrogen-bond donors (Lipinski definition) is 0. The molecule has 1 aromatic heterocycles. The first-order valence-corrected chi connectivity index (χ1v) is 15.3. The van der Waals surface area contributed by atoms with E-state index < -0.39 is 0 Å². The van der Waals surface area contributed by atoms with Crippen molar-refractivity contribution in [2.24, 2.45) is 11.3 Å². The number of hydrogen-bond acceptors (Lipinski definition) is 7. The van der Waals surface area contributed by atoms with Gasteiger partial charge in [0, 0.05) is 43.1 Å². The Morgan fingerprint density at radius 2 is 1.90 bits per heavy atom. The SMILES string of the molecule is CC(C)CC(C)(C)CC(=O)OCN1C(=O)Cc2cc(CCN3CCN(c4nsc5ccccc45)CC3)c(Cl)cc21. The minimum atomic E-state index is -0.280. The molecule has 1 saturated heterocycles. The Kier molecular flexibility index (Phi) is 8.69. The first-order chi connectivity index (χ1) is 19.1. The molecule has 2 aliphatic heterocycles. The van der Waals surface area contributed by atoms with Gasteiger partial charge in [-0.15, -0.1) is 0 Å². The number of rotatable bonds is 10. The number of halogens is 1. The van der Waals surface area contributed by atoms with Crippen LogP contribution in [0.4, 0.5) is 11.5 Å². The number of benzene rings is 2. The summed E-state index contributed by atoms with van der Waals surface area (Å²) in [6, 6.07) is 12.3. The Balaban J connectivity index is 1.14. The predicted molar refractivity (Wildman–Crippen MR) is 163 cm³/mol. The number of amides is 1. The number of fused-ring (bicyclic) bond motifs is 2. The van der Waals surface area contributed by atoms with Crippen LogP contribution in [0, 0.1) is 11.3 Å². The second-order valence-electron chi connectivity index (χ2n) is 12.2. The normalized spacial score (nSPS) is 16.3. The van der Waals surface area contributed by atoms with Crippen LogP contribution in [0.5, 0.6) is 0 Å². The van der Waals surface area contributed by atoms with Crippen LogP contribution in [-0.4, -0.2) is 60.6 Å². The van der Waals surface area contributed by atoms with Crippen LogP contribution >= 0.6 is 23.1 Å². The summed E-state index contributed by atoms with van der Waals surface area (Å²) in [6.07, 6.45) is 2.38. The first kappa shape index (κ1) is 28.8. The van der Waals surface area contributed by atoms with E-state index >= 15 is 0 Å². The highest BCUT2D eigenvalue weighted by molar-refractivity contribution is 7.13. The number of nitrogens with zero attached hydrogens (tertiary/aromatic N) is 4. The van der Waals surface area contributed by atoms with Crippen molar-refractivity contribution < 1.29 is 14.3 Å². The largest absolute Gasteiger partial charge is 0.444 e. The molecule has 2 aromatic carbocycles. The van der Waals surface area contributed by atoms with Gasteiger partial charge in [-0.1, -0.05) is 57.5 Å². The average Bonchev–Trinajstić information content (AvgIpc) is 3.45. The van der Waals surface area contributed by atoms with Gasteiger partial charge in [0.2, 0.25) is 5.91 Å². The van der Waals surface area contributed by atoms with Crippen LogP contribution in [0.15, 0.2) is 36.4 Å². The van der Waals surface area contributed by atoms with E-state index in [9.17, 15) is 9.59 Å². The molecule has 0 atom stereocenters. The van der Waals surface area contributed by atoms with Crippen molar-refractivity contribution in [3.8, 4) is 0 Å². The molecule has 1 fully saturated rings. The quantitative estimate of drug-likeness (QED) is 0.267. The third kappa shape index (κ3) is 6.61. The molecule has 40 heavy (non-hydrogen) atoms. The molecule has 214 valence electrons. The van der Waals surface area contributed by atoms with Gasteiger partial charge in [-0.2, -0.15) is 4.37 Å². The summed E-state index contributed by atoms with van der Waals surface area (Å²) in [5, 5.41) is 1.88. The van der Waals surface area contributed by atoms with E-state index in [1.807, 2.05) is 6.07 Å². The van der Waals surface area contributed by atoms with Gasteiger partial charge >= 0.3 is 5.97 Å². The zero-order chi connectivity index (χ0) is 28.4. The zero-order valence-electron chi connectivity index (χ0n) is 23.9. The molecule has 2 aliphatic rings. The Labute approximate surface area is 246 Å². The molecule has 3 heterocycles. The molecule has 0 saturated carbocycles. The van der Waals surface area contributed by atoms with Gasteiger partial charge in [-0.25, -0.2) is 0 Å². The Bertz CT molecular complexity index is 1380. The van der Waals surface area contributed by atoms with Crippen molar-refractivity contribution in [3.63, 3.8) is 0 Å². The molecular formula is C31H39ClN4O3S. The maximum atomic E-state index is 12.8. The van der Waals surface area contributed by atoms with Crippen LogP contribution in [0.2, 0.25) is 5.02 Å². The van der Waals surface area contributed by atoms with Gasteiger partial charge in [-0.05, 0) is 65.0 Å². The molecular weight excluding hydrogens is 544 g/mol. The molecule has 5 rings (SSSR count). The minimum absolute atomic E-state index is 0.0665. The van der Waals surface area contributed by atoms with Crippen molar-refractivity contribution in [3.05, 3.63) is 52.5 Å². The monoisotopic (exact) mass is 582 g/mol. The van der Waals surface area contributed by atoms with Crippen LogP contribution < -0.4 is 9.80 Å². The third-order valence-electron chi connectivity index (χ3n) is 7.85. The molecule has 0 bridgehead atoms. The summed E-state index contributed by atoms with van der Waals surface area (Å²) < 4.78 is 11.5. The van der Waals surface area contributed by atoms with Crippen LogP contribution in [0.3, 0.4) is 0 Å². The van der Waals surface area contributed by atoms with Crippen molar-refractivity contribution in [1.82, 2.24) is 9.27 Å². The molecule has 0 spiro atoms. The average molecular weight is 583 g/mol. The molecule has 9 heteroatoms. The van der Waals surface area contributed by atoms with Crippen molar-refractivity contribution in [2.75, 3.05) is 49.3 Å². The van der Waals surface area contributed by atoms with Gasteiger partial charge in [0.15, 0.2) is 6.73 Å². The van der Waals surface area contributed by atoms with Gasteiger partial charge < -0.3 is 9.64 Å². The number of piperazine rings is 1. The number of esters is 1. The van der Waals surface area contributed by atoms with Gasteiger partial charge in [0.05, 0.1) is 23.2 Å². The van der Waals surface area contributed by atoms with Crippen molar-refractivity contribution in [2.45, 2.75) is 53.4 Å². The Morgan fingerprint density at radius 1 is 1.15 bits per heavy atom. The molecule has 3 aromatic rings. The molecule has 7 nitrogen and oxygen atoms in total. The fraction of sp³-hybridized carbons (Fsp3) is 0.516. The summed E-state index contributed by atoms with van der Waals surface area (Å²) in [7, 11) is 0. The molecule has 0 N–H and O–H groups in total. The van der Waals surface area contributed by atoms with Crippen molar-refractivity contribution in [1.29, 1.82) is 0 Å². The maximum Gasteiger partial charge on any atom is 0.308 e. The molecule has 0 aliphatic carbocycles.